The van der Waals surface area contributed by atoms with Gasteiger partial charge in [0, 0.05) is 5.69 Å². The number of quaternary nitrogens is 2. The van der Waals surface area contributed by atoms with Crippen molar-refractivity contribution in [2.45, 2.75) is 33.4 Å². The van der Waals surface area contributed by atoms with Crippen molar-refractivity contribution < 1.29 is 19.4 Å². The van der Waals surface area contributed by atoms with Crippen molar-refractivity contribution in [1.29, 1.82) is 0 Å². The maximum Gasteiger partial charge on any atom is 0.278 e. The maximum absolute atomic E-state index is 12.6. The third-order valence-electron chi connectivity index (χ3n) is 5.78. The van der Waals surface area contributed by atoms with E-state index < -0.39 is 0 Å². The number of piperazine rings is 1. The third-order valence-corrected chi connectivity index (χ3v) is 6.65. The molecule has 1 aliphatic heterocycles. The summed E-state index contributed by atoms with van der Waals surface area (Å²) in [6.07, 6.45) is 0. The van der Waals surface area contributed by atoms with E-state index in [1.54, 1.807) is 4.90 Å². The Morgan fingerprint density at radius 3 is 2.38 bits per heavy atom. The van der Waals surface area contributed by atoms with E-state index >= 15 is 0 Å². The van der Waals surface area contributed by atoms with Crippen LogP contribution in [-0.2, 0) is 16.1 Å². The second-order valence-electron chi connectivity index (χ2n) is 7.92. The van der Waals surface area contributed by atoms with Gasteiger partial charge >= 0.3 is 0 Å². The van der Waals surface area contributed by atoms with Crippen molar-refractivity contribution in [1.82, 2.24) is 5.32 Å². The fourth-order valence-electron chi connectivity index (χ4n) is 3.90. The molecule has 1 atom stereocenters. The highest BCUT2D eigenvalue weighted by molar-refractivity contribution is 7.09. The molecule has 3 rings (SSSR count). The van der Waals surface area contributed by atoms with Crippen molar-refractivity contribution in [2.75, 3.05) is 38.0 Å². The van der Waals surface area contributed by atoms with E-state index in [2.05, 4.69) is 28.1 Å². The van der Waals surface area contributed by atoms with Crippen LogP contribution in [0.1, 0.15) is 22.9 Å². The van der Waals surface area contributed by atoms with Crippen LogP contribution < -0.4 is 20.4 Å². The SMILES string of the molecule is Cc1cccc(C)c1NC(=O)CNC(=O)[C@@H](C)[NH+]1CC[NH+](Cc2cccs2)CC1. The van der Waals surface area contributed by atoms with Gasteiger partial charge in [-0.3, -0.25) is 9.59 Å². The van der Waals surface area contributed by atoms with Gasteiger partial charge in [-0.25, -0.2) is 0 Å². The van der Waals surface area contributed by atoms with Crippen LogP contribution in [0.3, 0.4) is 0 Å². The molecule has 0 saturated carbocycles. The first-order valence-corrected chi connectivity index (χ1v) is 11.2. The lowest BCUT2D eigenvalue weighted by molar-refractivity contribution is -1.02. The second kappa shape index (κ2) is 10.0. The molecule has 6 nitrogen and oxygen atoms in total. The largest absolute Gasteiger partial charge is 0.342 e. The molecular weight excluding hydrogens is 384 g/mol. The van der Waals surface area contributed by atoms with Gasteiger partial charge in [0.2, 0.25) is 5.91 Å². The number of thiophene rings is 1. The third kappa shape index (κ3) is 5.88. The number of amides is 2. The van der Waals surface area contributed by atoms with E-state index in [0.29, 0.717) is 0 Å². The Bertz CT molecular complexity index is 809. The fraction of sp³-hybridized carbons (Fsp3) is 0.455. The Balaban J connectivity index is 1.42. The molecule has 29 heavy (non-hydrogen) atoms. The Morgan fingerprint density at radius 1 is 1.07 bits per heavy atom. The number of para-hydroxylation sites is 1. The summed E-state index contributed by atoms with van der Waals surface area (Å²) in [4.78, 5) is 29.1. The Labute approximate surface area is 176 Å². The summed E-state index contributed by atoms with van der Waals surface area (Å²) in [6.45, 7) is 11.0. The standard InChI is InChI=1S/C22H30N4O2S/c1-16-6-4-7-17(2)21(16)24-20(27)14-23-22(28)18(3)26-11-9-25(10-12-26)15-19-8-5-13-29-19/h4-8,13,18H,9-12,14-15H2,1-3H3,(H,23,28)(H,24,27)/p+2/t18-/m1/s1. The van der Waals surface area contributed by atoms with Crippen molar-refractivity contribution in [2.24, 2.45) is 0 Å². The number of nitrogens with one attached hydrogen (secondary N) is 4. The molecular formula is C22H32N4O2S+2. The molecule has 2 heterocycles. The summed E-state index contributed by atoms with van der Waals surface area (Å²) in [6, 6.07) is 10.0. The molecule has 2 aromatic rings. The van der Waals surface area contributed by atoms with E-state index in [4.69, 9.17) is 0 Å². The van der Waals surface area contributed by atoms with Gasteiger partial charge in [0.25, 0.3) is 5.91 Å². The van der Waals surface area contributed by atoms with Crippen molar-refractivity contribution in [3.8, 4) is 0 Å². The lowest BCUT2D eigenvalue weighted by Crippen LogP contribution is -3.29. The Morgan fingerprint density at radius 2 is 1.76 bits per heavy atom. The van der Waals surface area contributed by atoms with Crippen LogP contribution in [0.2, 0.25) is 0 Å². The first kappa shape index (κ1) is 21.5. The molecule has 0 unspecified atom stereocenters. The van der Waals surface area contributed by atoms with Gasteiger partial charge in [-0.1, -0.05) is 24.3 Å². The van der Waals surface area contributed by atoms with Gasteiger partial charge in [0.15, 0.2) is 6.04 Å². The van der Waals surface area contributed by atoms with E-state index in [0.717, 1.165) is 49.5 Å². The fourth-order valence-corrected chi connectivity index (χ4v) is 4.67. The second-order valence-corrected chi connectivity index (χ2v) is 8.95. The Hall–Kier alpha value is -2.22. The molecule has 1 aliphatic rings. The summed E-state index contributed by atoms with van der Waals surface area (Å²) < 4.78 is 0. The predicted molar refractivity (Wildman–Crippen MR) is 116 cm³/mol. The lowest BCUT2D eigenvalue weighted by atomic mass is 10.1. The number of rotatable bonds is 7. The number of aryl methyl sites for hydroxylation is 2. The van der Waals surface area contributed by atoms with Crippen LogP contribution in [0, 0.1) is 13.8 Å². The summed E-state index contributed by atoms with van der Waals surface area (Å²) in [5.41, 5.74) is 2.87. The van der Waals surface area contributed by atoms with Crippen molar-refractivity contribution in [3.63, 3.8) is 0 Å². The number of hydrogen-bond acceptors (Lipinski definition) is 3. The number of hydrogen-bond donors (Lipinski definition) is 4. The van der Waals surface area contributed by atoms with Crippen LogP contribution in [0.15, 0.2) is 35.7 Å². The molecule has 156 valence electrons. The van der Waals surface area contributed by atoms with Gasteiger partial charge in [0.1, 0.15) is 32.7 Å². The summed E-state index contributed by atoms with van der Waals surface area (Å²) in [5.74, 6) is -0.249. The van der Waals surface area contributed by atoms with Gasteiger partial charge in [-0.05, 0) is 43.3 Å². The van der Waals surface area contributed by atoms with E-state index in [1.807, 2.05) is 50.3 Å². The molecule has 0 bridgehead atoms. The van der Waals surface area contributed by atoms with Crippen LogP contribution in [0.5, 0.6) is 0 Å². The zero-order valence-electron chi connectivity index (χ0n) is 17.5. The minimum absolute atomic E-state index is 0.0000194. The monoisotopic (exact) mass is 416 g/mol. The molecule has 1 fully saturated rings. The number of carbonyl (C=O) groups excluding carboxylic acids is 2. The zero-order valence-corrected chi connectivity index (χ0v) is 18.3. The molecule has 7 heteroatoms. The molecule has 1 saturated heterocycles. The van der Waals surface area contributed by atoms with E-state index in [9.17, 15) is 9.59 Å². The minimum Gasteiger partial charge on any atom is -0.342 e. The highest BCUT2D eigenvalue weighted by atomic mass is 32.1. The first-order valence-electron chi connectivity index (χ1n) is 10.3. The molecule has 0 aliphatic carbocycles. The van der Waals surface area contributed by atoms with Gasteiger partial charge in [-0.15, -0.1) is 11.3 Å². The average Bonchev–Trinajstić information content (AvgIpc) is 3.22. The molecule has 2 amide bonds. The van der Waals surface area contributed by atoms with Crippen LogP contribution in [0.4, 0.5) is 5.69 Å². The van der Waals surface area contributed by atoms with Crippen molar-refractivity contribution >= 4 is 28.8 Å². The number of benzene rings is 1. The zero-order chi connectivity index (χ0) is 20.8. The van der Waals surface area contributed by atoms with Crippen LogP contribution >= 0.6 is 11.3 Å². The molecule has 0 spiro atoms. The first-order chi connectivity index (χ1) is 13.9. The minimum atomic E-state index is -0.192. The predicted octanol–water partition coefficient (Wildman–Crippen LogP) is -0.208. The van der Waals surface area contributed by atoms with Gasteiger partial charge in [0.05, 0.1) is 11.4 Å². The molecule has 4 N–H and O–H groups in total. The molecule has 0 radical (unpaired) electrons. The molecule has 1 aromatic carbocycles. The highest BCUT2D eigenvalue weighted by Gasteiger charge is 2.31. The summed E-state index contributed by atoms with van der Waals surface area (Å²) >= 11 is 1.81. The Kier molecular flexibility index (Phi) is 7.41. The average molecular weight is 417 g/mol. The van der Waals surface area contributed by atoms with E-state index in [-0.39, 0.29) is 24.4 Å². The van der Waals surface area contributed by atoms with Crippen molar-refractivity contribution in [3.05, 3.63) is 51.7 Å². The summed E-state index contributed by atoms with van der Waals surface area (Å²) in [7, 11) is 0. The van der Waals surface area contributed by atoms with Crippen LogP contribution in [-0.4, -0.2) is 50.6 Å². The smallest absolute Gasteiger partial charge is 0.278 e. The highest BCUT2D eigenvalue weighted by Crippen LogP contribution is 2.18. The number of anilines is 1. The van der Waals surface area contributed by atoms with Gasteiger partial charge in [-0.2, -0.15) is 0 Å². The summed E-state index contributed by atoms with van der Waals surface area (Å²) in [5, 5.41) is 7.85. The quantitative estimate of drug-likeness (QED) is 0.505. The molecule has 1 aromatic heterocycles. The normalized spacial score (nSPS) is 20.1. The number of carbonyl (C=O) groups is 2. The topological polar surface area (TPSA) is 67.1 Å². The van der Waals surface area contributed by atoms with Gasteiger partial charge < -0.3 is 20.4 Å². The van der Waals surface area contributed by atoms with E-state index in [1.165, 1.54) is 9.78 Å². The van der Waals surface area contributed by atoms with Crippen LogP contribution in [0.25, 0.3) is 0 Å². The lowest BCUT2D eigenvalue weighted by Gasteiger charge is -2.32. The maximum atomic E-state index is 12.6.